The van der Waals surface area contributed by atoms with Gasteiger partial charge in [0.1, 0.15) is 17.9 Å². The maximum absolute atomic E-state index is 14.7. The van der Waals surface area contributed by atoms with Crippen molar-refractivity contribution >= 4 is 28.6 Å². The highest BCUT2D eigenvalue weighted by Gasteiger charge is 2.33. The number of nitrogens with one attached hydrogen (secondary N) is 2. The van der Waals surface area contributed by atoms with Gasteiger partial charge in [0.05, 0.1) is 29.9 Å². The summed E-state index contributed by atoms with van der Waals surface area (Å²) in [7, 11) is 2.10. The van der Waals surface area contributed by atoms with Gasteiger partial charge in [0.2, 0.25) is 17.7 Å². The number of fused-ring (bicyclic) bond motifs is 1. The van der Waals surface area contributed by atoms with E-state index in [1.54, 1.807) is 18.5 Å². The minimum atomic E-state index is -1.21. The number of nitrogens with zero attached hydrogens (tertiary/aromatic N) is 6. The van der Waals surface area contributed by atoms with Gasteiger partial charge in [0.25, 0.3) is 0 Å². The number of rotatable bonds is 6. The zero-order valence-corrected chi connectivity index (χ0v) is 18.4. The first-order chi connectivity index (χ1) is 16.0. The van der Waals surface area contributed by atoms with Crippen LogP contribution in [0.3, 0.4) is 0 Å². The minimum Gasteiger partial charge on any atom is -0.469 e. The Bertz CT molecular complexity index is 1160. The van der Waals surface area contributed by atoms with Gasteiger partial charge >= 0.3 is 0 Å². The summed E-state index contributed by atoms with van der Waals surface area (Å²) in [6.07, 6.45) is 5.85. The van der Waals surface area contributed by atoms with Crippen molar-refractivity contribution < 1.29 is 13.9 Å². The molecule has 2 aliphatic rings. The Kier molecular flexibility index (Phi) is 5.71. The van der Waals surface area contributed by atoms with E-state index in [9.17, 15) is 9.18 Å². The van der Waals surface area contributed by atoms with E-state index in [0.29, 0.717) is 29.6 Å². The Labute approximate surface area is 190 Å². The van der Waals surface area contributed by atoms with Crippen LogP contribution in [0, 0.1) is 0 Å². The molecule has 2 fully saturated rings. The summed E-state index contributed by atoms with van der Waals surface area (Å²) in [5, 5.41) is 8.30. The minimum absolute atomic E-state index is 0.132. The van der Waals surface area contributed by atoms with Crippen molar-refractivity contribution in [1.29, 1.82) is 0 Å². The Morgan fingerprint density at radius 3 is 3.00 bits per heavy atom. The molecule has 0 radical (unpaired) electrons. The van der Waals surface area contributed by atoms with E-state index in [2.05, 4.69) is 43.9 Å². The highest BCUT2D eigenvalue weighted by Crippen LogP contribution is 2.29. The number of alkyl halides is 1. The molecule has 0 saturated carbocycles. The number of carbonyl (C=O) groups excluding carboxylic acids is 1. The Hall–Kier alpha value is -3.47. The fourth-order valence-corrected chi connectivity index (χ4v) is 4.39. The highest BCUT2D eigenvalue weighted by molar-refractivity contribution is 5.87. The summed E-state index contributed by atoms with van der Waals surface area (Å²) >= 11 is 0. The monoisotopic (exact) mass is 454 g/mol. The molecule has 5 rings (SSSR count). The van der Waals surface area contributed by atoms with E-state index in [1.165, 1.54) is 11.0 Å². The van der Waals surface area contributed by atoms with Crippen LogP contribution >= 0.6 is 0 Å². The molecule has 2 N–H and O–H groups in total. The van der Waals surface area contributed by atoms with Crippen molar-refractivity contribution in [3.05, 3.63) is 37.3 Å². The third-order valence-corrected chi connectivity index (χ3v) is 6.21. The largest absolute Gasteiger partial charge is 0.469 e. The topological polar surface area (TPSA) is 104 Å². The van der Waals surface area contributed by atoms with Crippen LogP contribution in [0.4, 0.5) is 16.0 Å². The van der Waals surface area contributed by atoms with Gasteiger partial charge in [0.15, 0.2) is 0 Å². The van der Waals surface area contributed by atoms with Crippen LogP contribution in [0.1, 0.15) is 18.9 Å². The molecule has 33 heavy (non-hydrogen) atoms. The van der Waals surface area contributed by atoms with Gasteiger partial charge in [-0.15, -0.1) is 0 Å². The van der Waals surface area contributed by atoms with Crippen LogP contribution in [-0.2, 0) is 4.79 Å². The summed E-state index contributed by atoms with van der Waals surface area (Å²) in [4.78, 5) is 27.9. The number of hydrogen-bond acceptors (Lipinski definition) is 7. The number of carbonyl (C=O) groups is 1. The standard InChI is InChI=1S/C22H27FN8O2/c1-3-19(32)30-9-6-17(23)18(13-30)33-21-16-4-7-24-20(16)27-22(28-21)26-14-10-25-31(11-14)15-5-8-29(2)12-15/h3-4,7,10-11,15,17-18H,1,5-6,8-9,12-13H2,2H3,(H2,24,26,27,28)/t15?,17-,18+/m1/s1. The van der Waals surface area contributed by atoms with Crippen molar-refractivity contribution in [3.63, 3.8) is 0 Å². The molecule has 11 heteroatoms. The van der Waals surface area contributed by atoms with Crippen molar-refractivity contribution in [1.82, 2.24) is 34.5 Å². The molecule has 2 aliphatic heterocycles. The van der Waals surface area contributed by atoms with E-state index in [1.807, 2.05) is 10.9 Å². The number of ether oxygens (including phenoxy) is 1. The van der Waals surface area contributed by atoms with Crippen LogP contribution < -0.4 is 10.1 Å². The number of amides is 1. The number of likely N-dealkylation sites (N-methyl/N-ethyl adjacent to an activating group) is 1. The van der Waals surface area contributed by atoms with Gasteiger partial charge in [-0.2, -0.15) is 15.1 Å². The first-order valence-corrected chi connectivity index (χ1v) is 11.1. The molecule has 3 atom stereocenters. The number of aromatic amines is 1. The number of halogens is 1. The van der Waals surface area contributed by atoms with E-state index in [0.717, 1.165) is 25.2 Å². The molecule has 3 aromatic heterocycles. The molecule has 0 bridgehead atoms. The first-order valence-electron chi connectivity index (χ1n) is 11.1. The lowest BCUT2D eigenvalue weighted by Crippen LogP contribution is -2.49. The van der Waals surface area contributed by atoms with Crippen molar-refractivity contribution in [2.75, 3.05) is 38.5 Å². The molecule has 0 aliphatic carbocycles. The second-order valence-corrected chi connectivity index (χ2v) is 8.58. The third-order valence-electron chi connectivity index (χ3n) is 6.21. The predicted molar refractivity (Wildman–Crippen MR) is 121 cm³/mol. The normalized spacial score (nSPS) is 23.7. The van der Waals surface area contributed by atoms with E-state index < -0.39 is 12.3 Å². The molecule has 10 nitrogen and oxygen atoms in total. The van der Waals surface area contributed by atoms with Crippen LogP contribution in [0.15, 0.2) is 37.3 Å². The number of aromatic nitrogens is 5. The number of hydrogen-bond donors (Lipinski definition) is 2. The summed E-state index contributed by atoms with van der Waals surface area (Å²) in [5.41, 5.74) is 1.32. The zero-order chi connectivity index (χ0) is 22.9. The Balaban J connectivity index is 1.36. The van der Waals surface area contributed by atoms with Gasteiger partial charge in [-0.3, -0.25) is 9.48 Å². The summed E-state index contributed by atoms with van der Waals surface area (Å²) in [6.45, 7) is 5.99. The lowest BCUT2D eigenvalue weighted by atomic mass is 10.1. The summed E-state index contributed by atoms with van der Waals surface area (Å²) < 4.78 is 22.6. The molecular weight excluding hydrogens is 427 g/mol. The van der Waals surface area contributed by atoms with Gasteiger partial charge in [-0.25, -0.2) is 4.39 Å². The molecule has 2 saturated heterocycles. The number of H-pyrrole nitrogens is 1. The van der Waals surface area contributed by atoms with E-state index >= 15 is 0 Å². The molecule has 1 amide bonds. The molecular formula is C22H27FN8O2. The number of anilines is 2. The smallest absolute Gasteiger partial charge is 0.246 e. The zero-order valence-electron chi connectivity index (χ0n) is 18.4. The maximum atomic E-state index is 14.7. The average molecular weight is 455 g/mol. The second-order valence-electron chi connectivity index (χ2n) is 8.58. The Morgan fingerprint density at radius 2 is 2.21 bits per heavy atom. The Morgan fingerprint density at radius 1 is 1.33 bits per heavy atom. The van der Waals surface area contributed by atoms with E-state index in [4.69, 9.17) is 4.74 Å². The highest BCUT2D eigenvalue weighted by atomic mass is 19.1. The molecule has 0 spiro atoms. The van der Waals surface area contributed by atoms with E-state index in [-0.39, 0.29) is 24.8 Å². The van der Waals surface area contributed by atoms with Crippen LogP contribution in [0.25, 0.3) is 11.0 Å². The van der Waals surface area contributed by atoms with Crippen LogP contribution in [0.2, 0.25) is 0 Å². The first kappa shape index (κ1) is 21.4. The van der Waals surface area contributed by atoms with Crippen LogP contribution in [0.5, 0.6) is 5.88 Å². The van der Waals surface area contributed by atoms with Crippen molar-refractivity contribution in [2.24, 2.45) is 0 Å². The fraction of sp³-hybridized carbons (Fsp3) is 0.455. The van der Waals surface area contributed by atoms with Gasteiger partial charge in [-0.1, -0.05) is 6.58 Å². The molecule has 0 aromatic carbocycles. The van der Waals surface area contributed by atoms with Crippen molar-refractivity contribution in [2.45, 2.75) is 31.2 Å². The van der Waals surface area contributed by atoms with Gasteiger partial charge < -0.3 is 24.8 Å². The maximum Gasteiger partial charge on any atom is 0.246 e. The average Bonchev–Trinajstić information content (AvgIpc) is 3.56. The number of likely N-dealkylation sites (tertiary alicyclic amines) is 2. The second kappa shape index (κ2) is 8.81. The molecule has 1 unspecified atom stereocenters. The predicted octanol–water partition coefficient (Wildman–Crippen LogP) is 2.28. The lowest BCUT2D eigenvalue weighted by Gasteiger charge is -2.34. The van der Waals surface area contributed by atoms with Crippen LogP contribution in [-0.4, -0.2) is 85.9 Å². The SMILES string of the molecule is C=CC(=O)N1CC[C@@H](F)[C@@H](Oc2nc(Nc3cnn(C4CCN(C)C4)c3)nc3[nH]ccc23)C1. The van der Waals surface area contributed by atoms with Gasteiger partial charge in [-0.05, 0) is 38.6 Å². The summed E-state index contributed by atoms with van der Waals surface area (Å²) in [6, 6.07) is 2.12. The lowest BCUT2D eigenvalue weighted by molar-refractivity contribution is -0.130. The number of piperidine rings is 1. The molecule has 174 valence electrons. The quantitative estimate of drug-likeness (QED) is 0.551. The third kappa shape index (κ3) is 4.40. The van der Waals surface area contributed by atoms with Crippen molar-refractivity contribution in [3.8, 4) is 5.88 Å². The van der Waals surface area contributed by atoms with Gasteiger partial charge in [0, 0.05) is 25.5 Å². The fourth-order valence-electron chi connectivity index (χ4n) is 4.39. The summed E-state index contributed by atoms with van der Waals surface area (Å²) in [5.74, 6) is 0.334. The molecule has 3 aromatic rings. The molecule has 5 heterocycles.